The summed E-state index contributed by atoms with van der Waals surface area (Å²) in [6.07, 6.45) is 1.44. The standard InChI is InChI=1S/C25H31N3O2/c1-18(2)20(4)28(15-22-12-10-19(3)11-13-22)16-24-27-23(17-30-24)25(29)26-14-21-8-6-5-7-9-21/h5-13,17-18,20H,14-16H2,1-4H3,(H,26,29). The van der Waals surface area contributed by atoms with Crippen LogP contribution in [0.25, 0.3) is 0 Å². The van der Waals surface area contributed by atoms with Gasteiger partial charge in [-0.25, -0.2) is 4.98 Å². The normalized spacial score (nSPS) is 12.3. The Morgan fingerprint density at radius 2 is 1.70 bits per heavy atom. The SMILES string of the molecule is Cc1ccc(CN(Cc2nc(C(=O)NCc3ccccc3)co2)C(C)C(C)C)cc1. The quantitative estimate of drug-likeness (QED) is 0.547. The summed E-state index contributed by atoms with van der Waals surface area (Å²) in [5.41, 5.74) is 3.86. The van der Waals surface area contributed by atoms with Gasteiger partial charge < -0.3 is 9.73 Å². The van der Waals surface area contributed by atoms with E-state index in [1.54, 1.807) is 0 Å². The first-order valence-electron chi connectivity index (χ1n) is 10.5. The number of hydrogen-bond acceptors (Lipinski definition) is 4. The molecule has 0 aliphatic rings. The van der Waals surface area contributed by atoms with Crippen molar-refractivity contribution in [2.45, 2.75) is 53.4 Å². The van der Waals surface area contributed by atoms with Crippen molar-refractivity contribution in [2.24, 2.45) is 5.92 Å². The van der Waals surface area contributed by atoms with Crippen molar-refractivity contribution in [3.8, 4) is 0 Å². The highest BCUT2D eigenvalue weighted by Gasteiger charge is 2.21. The number of aryl methyl sites for hydroxylation is 1. The van der Waals surface area contributed by atoms with Crippen LogP contribution in [-0.4, -0.2) is 21.8 Å². The molecule has 1 heterocycles. The molecule has 0 saturated heterocycles. The Morgan fingerprint density at radius 3 is 2.37 bits per heavy atom. The molecule has 0 aliphatic carbocycles. The summed E-state index contributed by atoms with van der Waals surface area (Å²) in [6.45, 7) is 10.6. The van der Waals surface area contributed by atoms with Crippen LogP contribution in [0.2, 0.25) is 0 Å². The first kappa shape index (κ1) is 21.8. The van der Waals surface area contributed by atoms with Crippen LogP contribution < -0.4 is 5.32 Å². The first-order chi connectivity index (χ1) is 14.4. The number of nitrogens with one attached hydrogen (secondary N) is 1. The van der Waals surface area contributed by atoms with Gasteiger partial charge in [0.05, 0.1) is 6.54 Å². The van der Waals surface area contributed by atoms with E-state index in [2.05, 4.69) is 67.2 Å². The van der Waals surface area contributed by atoms with Crippen molar-refractivity contribution >= 4 is 5.91 Å². The molecule has 3 rings (SSSR count). The molecule has 30 heavy (non-hydrogen) atoms. The Morgan fingerprint density at radius 1 is 1.00 bits per heavy atom. The molecule has 0 fully saturated rings. The molecule has 0 saturated carbocycles. The third-order valence-corrected chi connectivity index (χ3v) is 5.47. The van der Waals surface area contributed by atoms with Crippen LogP contribution >= 0.6 is 0 Å². The lowest BCUT2D eigenvalue weighted by Crippen LogP contribution is -2.36. The Labute approximate surface area is 179 Å². The monoisotopic (exact) mass is 405 g/mol. The summed E-state index contributed by atoms with van der Waals surface area (Å²) in [5.74, 6) is 0.814. The molecule has 0 bridgehead atoms. The molecule has 158 valence electrons. The van der Waals surface area contributed by atoms with E-state index in [-0.39, 0.29) is 5.91 Å². The van der Waals surface area contributed by atoms with Crippen LogP contribution in [0.3, 0.4) is 0 Å². The molecule has 0 aliphatic heterocycles. The van der Waals surface area contributed by atoms with Gasteiger partial charge in [0.15, 0.2) is 5.69 Å². The minimum atomic E-state index is -0.226. The number of benzene rings is 2. The maximum Gasteiger partial charge on any atom is 0.273 e. The second-order valence-corrected chi connectivity index (χ2v) is 8.17. The Hall–Kier alpha value is -2.92. The molecule has 1 N–H and O–H groups in total. The fourth-order valence-electron chi connectivity index (χ4n) is 3.22. The zero-order valence-corrected chi connectivity index (χ0v) is 18.3. The number of carbonyl (C=O) groups excluding carboxylic acids is 1. The predicted molar refractivity (Wildman–Crippen MR) is 119 cm³/mol. The van der Waals surface area contributed by atoms with Gasteiger partial charge in [0, 0.05) is 19.1 Å². The molecular formula is C25H31N3O2. The third kappa shape index (κ3) is 6.04. The van der Waals surface area contributed by atoms with Gasteiger partial charge in [0.25, 0.3) is 5.91 Å². The van der Waals surface area contributed by atoms with Gasteiger partial charge >= 0.3 is 0 Å². The number of nitrogens with zero attached hydrogens (tertiary/aromatic N) is 2. The maximum atomic E-state index is 12.4. The van der Waals surface area contributed by atoms with Crippen molar-refractivity contribution in [3.63, 3.8) is 0 Å². The van der Waals surface area contributed by atoms with E-state index >= 15 is 0 Å². The van der Waals surface area contributed by atoms with Gasteiger partial charge in [-0.05, 0) is 30.9 Å². The molecule has 0 spiro atoms. The largest absolute Gasteiger partial charge is 0.447 e. The summed E-state index contributed by atoms with van der Waals surface area (Å²) < 4.78 is 5.64. The molecule has 1 amide bonds. The highest BCUT2D eigenvalue weighted by atomic mass is 16.3. The van der Waals surface area contributed by atoms with Crippen LogP contribution in [0, 0.1) is 12.8 Å². The first-order valence-corrected chi connectivity index (χ1v) is 10.5. The van der Waals surface area contributed by atoms with E-state index in [0.717, 1.165) is 12.1 Å². The molecule has 0 radical (unpaired) electrons. The van der Waals surface area contributed by atoms with Gasteiger partial charge in [-0.15, -0.1) is 0 Å². The molecule has 1 atom stereocenters. The van der Waals surface area contributed by atoms with Crippen LogP contribution in [-0.2, 0) is 19.6 Å². The Balaban J connectivity index is 1.65. The summed E-state index contributed by atoms with van der Waals surface area (Å²) in [7, 11) is 0. The van der Waals surface area contributed by atoms with Gasteiger partial charge in [0.1, 0.15) is 6.26 Å². The third-order valence-electron chi connectivity index (χ3n) is 5.47. The van der Waals surface area contributed by atoms with Crippen LogP contribution in [0.1, 0.15) is 53.8 Å². The molecule has 3 aromatic rings. The van der Waals surface area contributed by atoms with E-state index in [1.807, 2.05) is 30.3 Å². The highest BCUT2D eigenvalue weighted by molar-refractivity contribution is 5.91. The van der Waals surface area contributed by atoms with Crippen LogP contribution in [0.15, 0.2) is 65.3 Å². The molecule has 1 unspecified atom stereocenters. The van der Waals surface area contributed by atoms with E-state index in [1.165, 1.54) is 17.4 Å². The van der Waals surface area contributed by atoms with Gasteiger partial charge in [-0.2, -0.15) is 0 Å². The molecule has 2 aromatic carbocycles. The average molecular weight is 406 g/mol. The lowest BCUT2D eigenvalue weighted by molar-refractivity contribution is 0.0945. The molecular weight excluding hydrogens is 374 g/mol. The zero-order valence-electron chi connectivity index (χ0n) is 18.3. The lowest BCUT2D eigenvalue weighted by Gasteiger charge is -2.30. The minimum Gasteiger partial charge on any atom is -0.447 e. The van der Waals surface area contributed by atoms with Crippen LogP contribution in [0.5, 0.6) is 0 Å². The van der Waals surface area contributed by atoms with Crippen molar-refractivity contribution in [3.05, 3.63) is 89.1 Å². The summed E-state index contributed by atoms with van der Waals surface area (Å²) in [4.78, 5) is 19.2. The van der Waals surface area contributed by atoms with E-state index in [4.69, 9.17) is 4.42 Å². The second-order valence-electron chi connectivity index (χ2n) is 8.17. The fraction of sp³-hybridized carbons (Fsp3) is 0.360. The number of rotatable bonds is 9. The van der Waals surface area contributed by atoms with E-state index < -0.39 is 0 Å². The Kier molecular flexibility index (Phi) is 7.41. The summed E-state index contributed by atoms with van der Waals surface area (Å²) >= 11 is 0. The topological polar surface area (TPSA) is 58.4 Å². The van der Waals surface area contributed by atoms with Gasteiger partial charge in [0.2, 0.25) is 5.89 Å². The second kappa shape index (κ2) is 10.2. The number of hydrogen-bond donors (Lipinski definition) is 1. The summed E-state index contributed by atoms with van der Waals surface area (Å²) in [5, 5.41) is 2.89. The average Bonchev–Trinajstić information content (AvgIpc) is 3.22. The number of aromatic nitrogens is 1. The van der Waals surface area contributed by atoms with Gasteiger partial charge in [-0.3, -0.25) is 9.69 Å². The molecule has 5 nitrogen and oxygen atoms in total. The molecule has 1 aromatic heterocycles. The maximum absolute atomic E-state index is 12.4. The number of carbonyl (C=O) groups is 1. The zero-order chi connectivity index (χ0) is 21.5. The van der Waals surface area contributed by atoms with E-state index in [0.29, 0.717) is 36.6 Å². The minimum absolute atomic E-state index is 0.226. The smallest absolute Gasteiger partial charge is 0.273 e. The van der Waals surface area contributed by atoms with Gasteiger partial charge in [-0.1, -0.05) is 74.0 Å². The molecule has 5 heteroatoms. The van der Waals surface area contributed by atoms with E-state index in [9.17, 15) is 4.79 Å². The van der Waals surface area contributed by atoms with Crippen LogP contribution in [0.4, 0.5) is 0 Å². The highest BCUT2D eigenvalue weighted by Crippen LogP contribution is 2.18. The Bertz CT molecular complexity index is 933. The van der Waals surface area contributed by atoms with Crippen molar-refractivity contribution < 1.29 is 9.21 Å². The van der Waals surface area contributed by atoms with Crippen molar-refractivity contribution in [1.29, 1.82) is 0 Å². The predicted octanol–water partition coefficient (Wildman–Crippen LogP) is 4.96. The fourth-order valence-corrected chi connectivity index (χ4v) is 3.22. The number of amides is 1. The van der Waals surface area contributed by atoms with Crippen molar-refractivity contribution in [1.82, 2.24) is 15.2 Å². The van der Waals surface area contributed by atoms with Crippen molar-refractivity contribution in [2.75, 3.05) is 0 Å². The number of oxazole rings is 1. The summed E-state index contributed by atoms with van der Waals surface area (Å²) in [6, 6.07) is 18.7. The lowest BCUT2D eigenvalue weighted by atomic mass is 10.0.